The van der Waals surface area contributed by atoms with Crippen molar-refractivity contribution in [2.75, 3.05) is 7.11 Å². The van der Waals surface area contributed by atoms with Crippen molar-refractivity contribution in [2.45, 2.75) is 0 Å². The zero-order valence-corrected chi connectivity index (χ0v) is 15.4. The molecule has 4 aromatic heterocycles. The van der Waals surface area contributed by atoms with Crippen LogP contribution in [0.2, 0.25) is 0 Å². The monoisotopic (exact) mass is 372 g/mol. The number of thiophene rings is 1. The second kappa shape index (κ2) is 6.41. The predicted molar refractivity (Wildman–Crippen MR) is 109 cm³/mol. The topological polar surface area (TPSA) is 66.6 Å². The van der Waals surface area contributed by atoms with Crippen LogP contribution in [0.15, 0.2) is 65.6 Å². The Hall–Kier alpha value is -3.38. The van der Waals surface area contributed by atoms with E-state index >= 15 is 0 Å². The van der Waals surface area contributed by atoms with Crippen LogP contribution >= 0.6 is 11.3 Å². The molecule has 0 spiro atoms. The van der Waals surface area contributed by atoms with E-state index in [-0.39, 0.29) is 0 Å². The van der Waals surface area contributed by atoms with Gasteiger partial charge in [0, 0.05) is 22.7 Å². The molecule has 5 rings (SSSR count). The van der Waals surface area contributed by atoms with Crippen LogP contribution in [0.4, 0.5) is 0 Å². The maximum Gasteiger partial charge on any atom is 0.137 e. The lowest BCUT2D eigenvalue weighted by atomic mass is 10.0. The van der Waals surface area contributed by atoms with Crippen LogP contribution in [0.25, 0.3) is 44.7 Å². The summed E-state index contributed by atoms with van der Waals surface area (Å²) in [5.41, 5.74) is 7.23. The van der Waals surface area contributed by atoms with E-state index in [0.29, 0.717) is 0 Å². The number of hydrogen-bond acceptors (Lipinski definition) is 4. The largest absolute Gasteiger partial charge is 0.495 e. The van der Waals surface area contributed by atoms with Gasteiger partial charge in [-0.2, -0.15) is 16.4 Å². The summed E-state index contributed by atoms with van der Waals surface area (Å²) in [5, 5.41) is 13.0. The van der Waals surface area contributed by atoms with Crippen molar-refractivity contribution in [1.29, 1.82) is 0 Å². The molecule has 0 amide bonds. The molecule has 0 bridgehead atoms. The Bertz CT molecular complexity index is 1220. The van der Waals surface area contributed by atoms with E-state index in [1.54, 1.807) is 30.8 Å². The minimum absolute atomic E-state index is 0.717. The van der Waals surface area contributed by atoms with E-state index in [0.717, 1.165) is 33.9 Å². The van der Waals surface area contributed by atoms with Crippen molar-refractivity contribution in [3.8, 4) is 39.5 Å². The quantitative estimate of drug-likeness (QED) is 0.446. The number of nitrogens with one attached hydrogen (secondary N) is 2. The van der Waals surface area contributed by atoms with Crippen molar-refractivity contribution in [2.24, 2.45) is 0 Å². The third-order valence-corrected chi connectivity index (χ3v) is 5.29. The smallest absolute Gasteiger partial charge is 0.137 e. The summed E-state index contributed by atoms with van der Waals surface area (Å²) >= 11 is 1.71. The number of H-pyrrole nitrogens is 2. The fourth-order valence-electron chi connectivity index (χ4n) is 3.25. The van der Waals surface area contributed by atoms with Crippen molar-refractivity contribution in [1.82, 2.24) is 20.2 Å². The molecule has 0 radical (unpaired) electrons. The lowest BCUT2D eigenvalue weighted by Crippen LogP contribution is -1.86. The molecular weight excluding hydrogens is 356 g/mol. The summed E-state index contributed by atoms with van der Waals surface area (Å²) < 4.78 is 5.25. The van der Waals surface area contributed by atoms with Gasteiger partial charge in [0.2, 0.25) is 0 Å². The Morgan fingerprint density at radius 1 is 1.00 bits per heavy atom. The number of hydrogen-bond donors (Lipinski definition) is 2. The van der Waals surface area contributed by atoms with Gasteiger partial charge in [-0.25, -0.2) is 0 Å². The molecule has 0 aliphatic heterocycles. The summed E-state index contributed by atoms with van der Waals surface area (Å²) in [5.74, 6) is 0.717. The van der Waals surface area contributed by atoms with Crippen molar-refractivity contribution in [3.05, 3.63) is 65.6 Å². The first-order chi connectivity index (χ1) is 13.3. The van der Waals surface area contributed by atoms with Gasteiger partial charge in [0.05, 0.1) is 24.7 Å². The van der Waals surface area contributed by atoms with Gasteiger partial charge < -0.3 is 9.72 Å². The van der Waals surface area contributed by atoms with Gasteiger partial charge in [0.25, 0.3) is 0 Å². The van der Waals surface area contributed by atoms with Gasteiger partial charge in [-0.15, -0.1) is 0 Å². The minimum Gasteiger partial charge on any atom is -0.495 e. The first-order valence-corrected chi connectivity index (χ1v) is 9.45. The molecule has 0 atom stereocenters. The molecule has 0 saturated carbocycles. The van der Waals surface area contributed by atoms with Gasteiger partial charge in [-0.05, 0) is 52.2 Å². The Labute approximate surface area is 159 Å². The molecule has 6 heteroatoms. The van der Waals surface area contributed by atoms with Gasteiger partial charge in [0.1, 0.15) is 11.4 Å². The van der Waals surface area contributed by atoms with E-state index in [9.17, 15) is 0 Å². The molecule has 2 N–H and O–H groups in total. The third-order valence-electron chi connectivity index (χ3n) is 4.61. The van der Waals surface area contributed by atoms with Gasteiger partial charge in [0.15, 0.2) is 0 Å². The third kappa shape index (κ3) is 2.80. The number of methoxy groups -OCH3 is 1. The van der Waals surface area contributed by atoms with Gasteiger partial charge >= 0.3 is 0 Å². The Morgan fingerprint density at radius 2 is 1.96 bits per heavy atom. The first-order valence-electron chi connectivity index (χ1n) is 8.51. The van der Waals surface area contributed by atoms with E-state index < -0.39 is 0 Å². The maximum atomic E-state index is 5.25. The van der Waals surface area contributed by atoms with Crippen LogP contribution in [-0.2, 0) is 0 Å². The lowest BCUT2D eigenvalue weighted by Gasteiger charge is -2.00. The van der Waals surface area contributed by atoms with E-state index in [1.165, 1.54) is 16.5 Å². The predicted octanol–water partition coefficient (Wildman–Crippen LogP) is 5.36. The highest BCUT2D eigenvalue weighted by atomic mass is 32.1. The molecular formula is C21H16N4OS. The SMILES string of the molecule is COc1cncc(-c2cc(-c3cc4c(-c5ccsc5)cccc4[nH]3)n[nH]2)c1. The number of rotatable bonds is 4. The van der Waals surface area contributed by atoms with Crippen LogP contribution in [0.1, 0.15) is 0 Å². The fourth-order valence-corrected chi connectivity index (χ4v) is 3.90. The summed E-state index contributed by atoms with van der Waals surface area (Å²) in [6.45, 7) is 0. The van der Waals surface area contributed by atoms with Crippen LogP contribution in [0.3, 0.4) is 0 Å². The summed E-state index contributed by atoms with van der Waals surface area (Å²) in [6.07, 6.45) is 3.48. The lowest BCUT2D eigenvalue weighted by molar-refractivity contribution is 0.413. The number of benzene rings is 1. The normalized spacial score (nSPS) is 11.1. The van der Waals surface area contributed by atoms with Gasteiger partial charge in [-0.3, -0.25) is 10.1 Å². The van der Waals surface area contributed by atoms with E-state index in [1.807, 2.05) is 12.1 Å². The van der Waals surface area contributed by atoms with Gasteiger partial charge in [-0.1, -0.05) is 12.1 Å². The van der Waals surface area contributed by atoms with E-state index in [2.05, 4.69) is 61.3 Å². The summed E-state index contributed by atoms with van der Waals surface area (Å²) in [6, 6.07) is 14.6. The number of aromatic amines is 2. The average molecular weight is 372 g/mol. The highest BCUT2D eigenvalue weighted by Crippen LogP contribution is 2.33. The van der Waals surface area contributed by atoms with Crippen LogP contribution in [0.5, 0.6) is 5.75 Å². The second-order valence-electron chi connectivity index (χ2n) is 6.24. The fraction of sp³-hybridized carbons (Fsp3) is 0.0476. The number of aromatic nitrogens is 4. The molecule has 4 heterocycles. The molecule has 0 fully saturated rings. The highest BCUT2D eigenvalue weighted by Gasteiger charge is 2.12. The van der Waals surface area contributed by atoms with Crippen LogP contribution in [-0.4, -0.2) is 27.3 Å². The molecule has 5 aromatic rings. The average Bonchev–Trinajstić information content (AvgIpc) is 3.47. The zero-order valence-electron chi connectivity index (χ0n) is 14.6. The molecule has 0 saturated heterocycles. The first kappa shape index (κ1) is 15.8. The maximum absolute atomic E-state index is 5.25. The van der Waals surface area contributed by atoms with Crippen molar-refractivity contribution < 1.29 is 4.74 Å². The number of pyridine rings is 1. The molecule has 0 aliphatic rings. The van der Waals surface area contributed by atoms with Crippen molar-refractivity contribution in [3.63, 3.8) is 0 Å². The highest BCUT2D eigenvalue weighted by molar-refractivity contribution is 7.08. The summed E-state index contributed by atoms with van der Waals surface area (Å²) in [7, 11) is 1.63. The minimum atomic E-state index is 0.717. The molecule has 0 aliphatic carbocycles. The summed E-state index contributed by atoms with van der Waals surface area (Å²) in [4.78, 5) is 7.69. The molecule has 132 valence electrons. The Morgan fingerprint density at radius 3 is 2.81 bits per heavy atom. The molecule has 27 heavy (non-hydrogen) atoms. The Kier molecular flexibility index (Phi) is 3.76. The Balaban J connectivity index is 1.57. The van der Waals surface area contributed by atoms with Crippen molar-refractivity contribution >= 4 is 22.2 Å². The van der Waals surface area contributed by atoms with Crippen LogP contribution in [0, 0.1) is 0 Å². The molecule has 5 nitrogen and oxygen atoms in total. The number of fused-ring (bicyclic) bond motifs is 1. The standard InChI is InChI=1S/C21H16N4OS/c1-26-15-7-14(10-22-11-15)19-9-21(25-24-19)20-8-17-16(13-5-6-27-12-13)3-2-4-18(17)23-20/h2-12,23H,1H3,(H,24,25). The molecule has 1 aromatic carbocycles. The van der Waals surface area contributed by atoms with E-state index in [4.69, 9.17) is 4.74 Å². The van der Waals surface area contributed by atoms with Crippen LogP contribution < -0.4 is 4.74 Å². The number of nitrogens with zero attached hydrogens (tertiary/aromatic N) is 2. The second-order valence-corrected chi connectivity index (χ2v) is 7.02. The number of ether oxygens (including phenoxy) is 1. The zero-order chi connectivity index (χ0) is 18.2. The molecule has 0 unspecified atom stereocenters.